The predicted molar refractivity (Wildman–Crippen MR) is 132 cm³/mol. The summed E-state index contributed by atoms with van der Waals surface area (Å²) < 4.78 is 5.47. The Morgan fingerprint density at radius 3 is 2.26 bits per heavy atom. The number of hydrogen-bond donors (Lipinski definition) is 2. The van der Waals surface area contributed by atoms with E-state index in [9.17, 15) is 14.4 Å². The number of carbonyl (C=O) groups is 3. The van der Waals surface area contributed by atoms with Crippen LogP contribution in [0.5, 0.6) is 0 Å². The van der Waals surface area contributed by atoms with Gasteiger partial charge in [-0.15, -0.1) is 0 Å². The van der Waals surface area contributed by atoms with Crippen LogP contribution in [0.25, 0.3) is 11.1 Å². The first-order valence-corrected chi connectivity index (χ1v) is 11.4. The first-order valence-electron chi connectivity index (χ1n) is 11.4. The van der Waals surface area contributed by atoms with Crippen molar-refractivity contribution < 1.29 is 19.1 Å². The number of allylic oxidation sites excluding steroid dienone is 2. The number of ether oxygens (including phenoxy) is 1. The minimum absolute atomic E-state index is 0.0557. The van der Waals surface area contributed by atoms with Gasteiger partial charge >= 0.3 is 6.09 Å². The molecule has 34 heavy (non-hydrogen) atoms. The molecule has 0 saturated carbocycles. The number of amides is 3. The van der Waals surface area contributed by atoms with Crippen molar-refractivity contribution in [3.63, 3.8) is 0 Å². The minimum atomic E-state index is -0.669. The number of carbonyl (C=O) groups excluding carboxylic acids is 3. The Morgan fingerprint density at radius 2 is 1.68 bits per heavy atom. The summed E-state index contributed by atoms with van der Waals surface area (Å²) in [6.45, 7) is 7.61. The van der Waals surface area contributed by atoms with Crippen molar-refractivity contribution in [3.8, 4) is 11.1 Å². The number of alkyl carbamates (subject to hydrolysis) is 1. The summed E-state index contributed by atoms with van der Waals surface area (Å²) in [6, 6.07) is 15.5. The van der Waals surface area contributed by atoms with Gasteiger partial charge in [-0.1, -0.05) is 73.3 Å². The Bertz CT molecular complexity index is 1030. The summed E-state index contributed by atoms with van der Waals surface area (Å²) >= 11 is 0. The molecule has 7 heteroatoms. The number of fused-ring (bicyclic) bond motifs is 3. The molecule has 0 aliphatic heterocycles. The smallest absolute Gasteiger partial charge is 0.407 e. The number of hydrogen-bond acceptors (Lipinski definition) is 4. The summed E-state index contributed by atoms with van der Waals surface area (Å²) in [4.78, 5) is 38.7. The molecular weight excluding hydrogens is 430 g/mol. The first-order chi connectivity index (χ1) is 16.5. The molecule has 3 amide bonds. The zero-order valence-electron chi connectivity index (χ0n) is 19.6. The molecule has 0 unspecified atom stereocenters. The minimum Gasteiger partial charge on any atom is -0.449 e. The highest BCUT2D eigenvalue weighted by Crippen LogP contribution is 2.44. The molecule has 2 aromatic rings. The number of likely N-dealkylation sites (N-methyl/N-ethyl adjacent to an activating group) is 1. The van der Waals surface area contributed by atoms with Crippen LogP contribution in [0, 0.1) is 0 Å². The molecule has 1 aliphatic carbocycles. The summed E-state index contributed by atoms with van der Waals surface area (Å²) in [7, 11) is 0. The van der Waals surface area contributed by atoms with Gasteiger partial charge in [0, 0.05) is 19.0 Å². The molecule has 7 nitrogen and oxygen atoms in total. The molecule has 0 saturated heterocycles. The van der Waals surface area contributed by atoms with Crippen molar-refractivity contribution in [1.29, 1.82) is 0 Å². The predicted octanol–water partition coefficient (Wildman–Crippen LogP) is 3.62. The van der Waals surface area contributed by atoms with E-state index in [1.807, 2.05) is 36.4 Å². The normalized spacial score (nSPS) is 13.0. The molecule has 1 atom stereocenters. The fraction of sp³-hybridized carbons (Fsp3) is 0.296. The van der Waals surface area contributed by atoms with Gasteiger partial charge in [-0.2, -0.15) is 0 Å². The number of nitrogens with one attached hydrogen (secondary N) is 2. The van der Waals surface area contributed by atoms with Crippen molar-refractivity contribution in [2.24, 2.45) is 0 Å². The van der Waals surface area contributed by atoms with Crippen molar-refractivity contribution >= 4 is 17.9 Å². The van der Waals surface area contributed by atoms with Crippen LogP contribution in [0.15, 0.2) is 73.3 Å². The van der Waals surface area contributed by atoms with Crippen LogP contribution in [-0.2, 0) is 14.3 Å². The Hall–Kier alpha value is -3.87. The standard InChI is InChI=1S/C27H31N3O4/c1-4-6-11-16-28-26(32)19(3)30(5-2)25(31)17-29-27(33)34-18-24-22-14-9-7-12-20(22)21-13-8-10-15-23(21)24/h4,6-15,19,24H,1,5,16-18H2,2-3H3,(H,28,32)(H,29,33)/b11-6-/t19-/m0/s1. The van der Waals surface area contributed by atoms with Gasteiger partial charge in [0.15, 0.2) is 0 Å². The molecule has 178 valence electrons. The maximum absolute atomic E-state index is 12.6. The fourth-order valence-electron chi connectivity index (χ4n) is 4.18. The average molecular weight is 462 g/mol. The highest BCUT2D eigenvalue weighted by atomic mass is 16.5. The SMILES string of the molecule is C=C/C=C\CNC(=O)[C@H](C)N(CC)C(=O)CNC(=O)OCC1c2ccccc2-c2ccccc21. The van der Waals surface area contributed by atoms with Gasteiger partial charge in [0.25, 0.3) is 0 Å². The van der Waals surface area contributed by atoms with E-state index in [0.29, 0.717) is 13.1 Å². The fourth-order valence-corrected chi connectivity index (χ4v) is 4.18. The zero-order chi connectivity index (χ0) is 24.5. The maximum atomic E-state index is 12.6. The van der Waals surface area contributed by atoms with E-state index in [4.69, 9.17) is 4.74 Å². The van der Waals surface area contributed by atoms with Crippen molar-refractivity contribution in [2.75, 3.05) is 26.2 Å². The summed E-state index contributed by atoms with van der Waals surface area (Å²) in [5, 5.41) is 5.26. The van der Waals surface area contributed by atoms with Crippen LogP contribution in [0.1, 0.15) is 30.9 Å². The van der Waals surface area contributed by atoms with Crippen LogP contribution in [-0.4, -0.2) is 55.1 Å². The maximum Gasteiger partial charge on any atom is 0.407 e. The van der Waals surface area contributed by atoms with Gasteiger partial charge in [-0.25, -0.2) is 4.79 Å². The molecule has 0 aromatic heterocycles. The molecular formula is C27H31N3O4. The van der Waals surface area contributed by atoms with E-state index < -0.39 is 12.1 Å². The van der Waals surface area contributed by atoms with Gasteiger partial charge in [0.2, 0.25) is 11.8 Å². The van der Waals surface area contributed by atoms with Crippen LogP contribution >= 0.6 is 0 Å². The summed E-state index contributed by atoms with van der Waals surface area (Å²) in [5.74, 6) is -0.690. The second-order valence-corrected chi connectivity index (χ2v) is 7.94. The van der Waals surface area contributed by atoms with Crippen LogP contribution in [0.2, 0.25) is 0 Å². The largest absolute Gasteiger partial charge is 0.449 e. The van der Waals surface area contributed by atoms with E-state index in [0.717, 1.165) is 22.3 Å². The van der Waals surface area contributed by atoms with Gasteiger partial charge < -0.3 is 20.3 Å². The molecule has 2 N–H and O–H groups in total. The van der Waals surface area contributed by atoms with Gasteiger partial charge in [0.1, 0.15) is 19.2 Å². The Labute approximate surface area is 200 Å². The van der Waals surface area contributed by atoms with E-state index in [1.165, 1.54) is 4.90 Å². The topological polar surface area (TPSA) is 87.7 Å². The van der Waals surface area contributed by atoms with Crippen LogP contribution in [0.4, 0.5) is 4.79 Å². The van der Waals surface area contributed by atoms with E-state index in [-0.39, 0.29) is 30.9 Å². The van der Waals surface area contributed by atoms with Gasteiger partial charge in [-0.05, 0) is 36.1 Å². The average Bonchev–Trinajstić information content (AvgIpc) is 3.18. The summed E-state index contributed by atoms with van der Waals surface area (Å²) in [6.07, 6.45) is 4.44. The molecule has 0 radical (unpaired) electrons. The van der Waals surface area contributed by atoms with Crippen molar-refractivity contribution in [2.45, 2.75) is 25.8 Å². The second kappa shape index (κ2) is 11.8. The zero-order valence-corrected chi connectivity index (χ0v) is 19.6. The second-order valence-electron chi connectivity index (χ2n) is 7.94. The van der Waals surface area contributed by atoms with Crippen molar-refractivity contribution in [3.05, 3.63) is 84.5 Å². The molecule has 0 spiro atoms. The molecule has 0 fully saturated rings. The van der Waals surface area contributed by atoms with Crippen LogP contribution in [0.3, 0.4) is 0 Å². The summed E-state index contributed by atoms with van der Waals surface area (Å²) in [5.41, 5.74) is 4.53. The number of nitrogens with zero attached hydrogens (tertiary/aromatic N) is 1. The van der Waals surface area contributed by atoms with Gasteiger partial charge in [0.05, 0.1) is 0 Å². The lowest BCUT2D eigenvalue weighted by molar-refractivity contribution is -0.138. The van der Waals surface area contributed by atoms with Crippen molar-refractivity contribution in [1.82, 2.24) is 15.5 Å². The van der Waals surface area contributed by atoms with E-state index in [1.54, 1.807) is 32.1 Å². The molecule has 1 aliphatic rings. The number of benzene rings is 2. The highest BCUT2D eigenvalue weighted by molar-refractivity contribution is 5.89. The first kappa shape index (κ1) is 24.8. The Morgan fingerprint density at radius 1 is 1.06 bits per heavy atom. The van der Waals surface area contributed by atoms with E-state index >= 15 is 0 Å². The highest BCUT2D eigenvalue weighted by Gasteiger charge is 2.29. The third-order valence-electron chi connectivity index (χ3n) is 5.90. The lowest BCUT2D eigenvalue weighted by atomic mass is 9.98. The number of rotatable bonds is 10. The molecule has 0 bridgehead atoms. The Balaban J connectivity index is 1.52. The lowest BCUT2D eigenvalue weighted by Crippen LogP contribution is -2.50. The third-order valence-corrected chi connectivity index (χ3v) is 5.90. The van der Waals surface area contributed by atoms with Crippen LogP contribution < -0.4 is 10.6 Å². The molecule has 3 rings (SSSR count). The third kappa shape index (κ3) is 5.73. The molecule has 0 heterocycles. The molecule has 2 aromatic carbocycles. The quantitative estimate of drug-likeness (QED) is 0.529. The van der Waals surface area contributed by atoms with Gasteiger partial charge in [-0.3, -0.25) is 9.59 Å². The lowest BCUT2D eigenvalue weighted by Gasteiger charge is -2.27. The monoisotopic (exact) mass is 461 g/mol. The van der Waals surface area contributed by atoms with E-state index in [2.05, 4.69) is 29.3 Å². The Kier molecular flexibility index (Phi) is 8.62.